The largest absolute Gasteiger partial charge is 0.458 e. The van der Waals surface area contributed by atoms with E-state index in [-0.39, 0.29) is 12.1 Å². The maximum absolute atomic E-state index is 6.91. The Morgan fingerprint density at radius 3 is 2.00 bits per heavy atom. The topological polar surface area (TPSA) is 24.9 Å². The summed E-state index contributed by atoms with van der Waals surface area (Å²) in [6, 6.07) is 54.4. The molecule has 0 saturated carbocycles. The number of nitrogens with zero attached hydrogens (tertiary/aromatic N) is 2. The molecule has 0 radical (unpaired) electrons. The predicted octanol–water partition coefficient (Wildman–Crippen LogP) is 10.6. The lowest BCUT2D eigenvalue weighted by Crippen LogP contribution is -2.59. The van der Waals surface area contributed by atoms with Crippen LogP contribution in [0.4, 0.5) is 34.1 Å². The first-order valence-electron chi connectivity index (χ1n) is 18.0. The highest BCUT2D eigenvalue weighted by atomic mass is 16.5. The lowest BCUT2D eigenvalue weighted by Gasteiger charge is -2.40. The second kappa shape index (κ2) is 11.4. The van der Waals surface area contributed by atoms with Gasteiger partial charge in [-0.25, -0.2) is 0 Å². The van der Waals surface area contributed by atoms with E-state index in [9.17, 15) is 0 Å². The van der Waals surface area contributed by atoms with E-state index in [4.69, 9.17) is 9.47 Å². The van der Waals surface area contributed by atoms with Gasteiger partial charge in [0.05, 0.1) is 0 Å². The van der Waals surface area contributed by atoms with Crippen LogP contribution in [0.25, 0.3) is 0 Å². The summed E-state index contributed by atoms with van der Waals surface area (Å²) in [7, 11) is 0. The van der Waals surface area contributed by atoms with Gasteiger partial charge >= 0.3 is 0 Å². The monoisotopic (exact) mass is 672 g/mol. The standard InChI is InChI=1S/C47H37BN2O2/c1-30-17-20-33(21-18-30)50-40-26-19-31(2)27-39(40)48-38-25-23-35(29-45(38)52-43-16-10-14-41(50)46(43)48)49(32-11-6-5-7-12-32)34-22-24-37-44(28-34)51-42-15-9-8-13-36(42)47(37,3)4/h5-29H,1-4H3. The number of hydrogen-bond donors (Lipinski definition) is 0. The van der Waals surface area contributed by atoms with Crippen LogP contribution < -0.4 is 35.7 Å². The van der Waals surface area contributed by atoms with Crippen LogP contribution >= 0.6 is 0 Å². The molecular weight excluding hydrogens is 635 g/mol. The first kappa shape index (κ1) is 30.6. The zero-order chi connectivity index (χ0) is 35.1. The SMILES string of the molecule is Cc1ccc(N2c3ccc(C)cc3B3c4ccc(N(c5ccccc5)c5ccc6c(c5)Oc5ccccc5C6(C)C)cc4Oc4cccc2c43)cc1. The second-order valence-corrected chi connectivity index (χ2v) is 14.8. The summed E-state index contributed by atoms with van der Waals surface area (Å²) in [6.07, 6.45) is 0. The van der Waals surface area contributed by atoms with Crippen LogP contribution in [-0.2, 0) is 5.41 Å². The fourth-order valence-corrected chi connectivity index (χ4v) is 8.51. The third-order valence-corrected chi connectivity index (χ3v) is 11.1. The minimum Gasteiger partial charge on any atom is -0.458 e. The van der Waals surface area contributed by atoms with Gasteiger partial charge in [-0.3, -0.25) is 0 Å². The molecule has 7 aromatic rings. The van der Waals surface area contributed by atoms with Gasteiger partial charge in [0.15, 0.2) is 0 Å². The van der Waals surface area contributed by atoms with Crippen molar-refractivity contribution in [2.75, 3.05) is 9.80 Å². The molecule has 250 valence electrons. The van der Waals surface area contributed by atoms with Crippen LogP contribution in [0.5, 0.6) is 23.0 Å². The van der Waals surface area contributed by atoms with Gasteiger partial charge in [-0.2, -0.15) is 0 Å². The molecule has 0 saturated heterocycles. The molecule has 0 unspecified atom stereocenters. The van der Waals surface area contributed by atoms with Crippen molar-refractivity contribution in [2.45, 2.75) is 33.1 Å². The van der Waals surface area contributed by atoms with Crippen molar-refractivity contribution in [3.63, 3.8) is 0 Å². The number of anilines is 6. The first-order valence-corrected chi connectivity index (χ1v) is 18.0. The van der Waals surface area contributed by atoms with Crippen molar-refractivity contribution in [1.82, 2.24) is 0 Å². The number of benzene rings is 7. The third-order valence-electron chi connectivity index (χ3n) is 11.1. The number of ether oxygens (including phenoxy) is 2. The van der Waals surface area contributed by atoms with Gasteiger partial charge in [-0.1, -0.05) is 104 Å². The number of aryl methyl sites for hydroxylation is 2. The van der Waals surface area contributed by atoms with Crippen LogP contribution in [0.1, 0.15) is 36.1 Å². The van der Waals surface area contributed by atoms with Crippen LogP contribution in [0.2, 0.25) is 0 Å². The molecule has 10 rings (SSSR count). The van der Waals surface area contributed by atoms with Gasteiger partial charge in [0, 0.05) is 62.8 Å². The summed E-state index contributed by atoms with van der Waals surface area (Å²) in [5.41, 5.74) is 14.9. The molecule has 0 N–H and O–H groups in total. The van der Waals surface area contributed by atoms with E-state index in [1.54, 1.807) is 0 Å². The summed E-state index contributed by atoms with van der Waals surface area (Å²) < 4.78 is 13.5. The average Bonchev–Trinajstić information content (AvgIpc) is 3.16. The van der Waals surface area contributed by atoms with E-state index in [1.807, 2.05) is 6.07 Å². The molecule has 3 heterocycles. The Morgan fingerprint density at radius 1 is 0.500 bits per heavy atom. The molecule has 0 amide bonds. The fraction of sp³-hybridized carbons (Fsp3) is 0.106. The molecule has 0 atom stereocenters. The summed E-state index contributed by atoms with van der Waals surface area (Å²) in [6.45, 7) is 8.90. The van der Waals surface area contributed by atoms with Gasteiger partial charge < -0.3 is 19.3 Å². The van der Waals surface area contributed by atoms with Crippen molar-refractivity contribution in [3.05, 3.63) is 174 Å². The van der Waals surface area contributed by atoms with Crippen LogP contribution in [0, 0.1) is 13.8 Å². The van der Waals surface area contributed by atoms with Gasteiger partial charge in [-0.15, -0.1) is 0 Å². The van der Waals surface area contributed by atoms with E-state index in [0.717, 1.165) is 51.4 Å². The second-order valence-electron chi connectivity index (χ2n) is 14.8. The van der Waals surface area contributed by atoms with Gasteiger partial charge in [0.25, 0.3) is 6.71 Å². The molecular formula is C47H37BN2O2. The molecule has 52 heavy (non-hydrogen) atoms. The molecule has 7 aromatic carbocycles. The molecule has 0 aliphatic carbocycles. The Labute approximate surface area is 305 Å². The molecule has 0 aromatic heterocycles. The van der Waals surface area contributed by atoms with Crippen molar-refractivity contribution < 1.29 is 9.47 Å². The zero-order valence-electron chi connectivity index (χ0n) is 29.7. The number of para-hydroxylation sites is 2. The average molecular weight is 673 g/mol. The summed E-state index contributed by atoms with van der Waals surface area (Å²) in [5, 5.41) is 0. The van der Waals surface area contributed by atoms with Crippen LogP contribution in [0.15, 0.2) is 152 Å². The maximum atomic E-state index is 6.91. The Hall–Kier alpha value is -6.20. The Morgan fingerprint density at radius 2 is 1.17 bits per heavy atom. The van der Waals surface area contributed by atoms with Gasteiger partial charge in [-0.05, 0) is 90.9 Å². The molecule has 3 aliphatic heterocycles. The van der Waals surface area contributed by atoms with Crippen molar-refractivity contribution >= 4 is 57.2 Å². The Balaban J connectivity index is 1.11. The molecule has 0 spiro atoms. The summed E-state index contributed by atoms with van der Waals surface area (Å²) in [5.74, 6) is 3.55. The zero-order valence-corrected chi connectivity index (χ0v) is 29.7. The molecule has 4 nitrogen and oxygen atoms in total. The molecule has 3 aliphatic rings. The number of fused-ring (bicyclic) bond motifs is 6. The van der Waals surface area contributed by atoms with E-state index >= 15 is 0 Å². The van der Waals surface area contributed by atoms with Gasteiger partial charge in [0.1, 0.15) is 23.0 Å². The minimum absolute atomic E-state index is 0.0326. The number of hydrogen-bond acceptors (Lipinski definition) is 4. The first-order chi connectivity index (χ1) is 25.3. The van der Waals surface area contributed by atoms with E-state index in [2.05, 4.69) is 183 Å². The highest BCUT2D eigenvalue weighted by Gasteiger charge is 2.42. The van der Waals surface area contributed by atoms with Crippen molar-refractivity contribution in [3.8, 4) is 23.0 Å². The lowest BCUT2D eigenvalue weighted by molar-refractivity contribution is 0.418. The van der Waals surface area contributed by atoms with Crippen molar-refractivity contribution in [2.24, 2.45) is 0 Å². The summed E-state index contributed by atoms with van der Waals surface area (Å²) >= 11 is 0. The lowest BCUT2D eigenvalue weighted by atomic mass is 9.34. The Kier molecular flexibility index (Phi) is 6.72. The normalized spacial score (nSPS) is 14.2. The highest BCUT2D eigenvalue weighted by molar-refractivity contribution is 6.99. The fourth-order valence-electron chi connectivity index (χ4n) is 8.51. The Bertz CT molecular complexity index is 2540. The highest BCUT2D eigenvalue weighted by Crippen LogP contribution is 2.50. The smallest absolute Gasteiger partial charge is 0.256 e. The summed E-state index contributed by atoms with van der Waals surface area (Å²) in [4.78, 5) is 4.69. The molecule has 5 heteroatoms. The third kappa shape index (κ3) is 4.62. The van der Waals surface area contributed by atoms with Crippen LogP contribution in [0.3, 0.4) is 0 Å². The van der Waals surface area contributed by atoms with Crippen molar-refractivity contribution in [1.29, 1.82) is 0 Å². The van der Waals surface area contributed by atoms with E-state index < -0.39 is 0 Å². The van der Waals surface area contributed by atoms with E-state index in [0.29, 0.717) is 0 Å². The predicted molar refractivity (Wildman–Crippen MR) is 215 cm³/mol. The molecule has 0 fully saturated rings. The van der Waals surface area contributed by atoms with E-state index in [1.165, 1.54) is 44.3 Å². The maximum Gasteiger partial charge on any atom is 0.256 e. The molecule has 0 bridgehead atoms. The number of rotatable bonds is 4. The minimum atomic E-state index is -0.185. The van der Waals surface area contributed by atoms with Crippen LogP contribution in [-0.4, -0.2) is 6.71 Å². The van der Waals surface area contributed by atoms with Gasteiger partial charge in [0.2, 0.25) is 0 Å². The quantitative estimate of drug-likeness (QED) is 0.174.